The molecule has 3 fully saturated rings. The van der Waals surface area contributed by atoms with Gasteiger partial charge in [0.05, 0.1) is 6.10 Å². The highest BCUT2D eigenvalue weighted by atomic mass is 16.3. The molecule has 0 unspecified atom stereocenters. The van der Waals surface area contributed by atoms with Crippen molar-refractivity contribution in [2.24, 2.45) is 35.0 Å². The van der Waals surface area contributed by atoms with Gasteiger partial charge >= 0.3 is 0 Å². The van der Waals surface area contributed by atoms with Crippen molar-refractivity contribution in [3.05, 3.63) is 47.6 Å². The summed E-state index contributed by atoms with van der Waals surface area (Å²) in [6.07, 6.45) is 18.8. The molecule has 0 spiro atoms. The second-order valence-corrected chi connectivity index (χ2v) is 10.9. The number of aliphatic hydroxyl groups is 1. The van der Waals surface area contributed by atoms with Crippen LogP contribution in [0, 0.1) is 35.0 Å². The van der Waals surface area contributed by atoms with Gasteiger partial charge in [0.1, 0.15) is 0 Å². The lowest BCUT2D eigenvalue weighted by Crippen LogP contribution is -2.35. The highest BCUT2D eigenvalue weighted by molar-refractivity contribution is 5.36. The first-order valence-electron chi connectivity index (χ1n) is 12.2. The molecule has 0 saturated heterocycles. The Bertz CT molecular complexity index is 678. The van der Waals surface area contributed by atoms with Crippen molar-refractivity contribution in [2.75, 3.05) is 0 Å². The lowest BCUT2D eigenvalue weighted by atomic mass is 9.61. The van der Waals surface area contributed by atoms with Gasteiger partial charge in [-0.2, -0.15) is 0 Å². The number of aliphatic hydroxyl groups excluding tert-OH is 1. The number of fused-ring (bicyclic) bond motifs is 1. The van der Waals surface area contributed by atoms with E-state index >= 15 is 0 Å². The summed E-state index contributed by atoms with van der Waals surface area (Å²) in [7, 11) is 0. The molecule has 162 valence electrons. The number of allylic oxidation sites excluding steroid dienone is 6. The average molecular weight is 397 g/mol. The third-order valence-electron chi connectivity index (χ3n) is 8.63. The average Bonchev–Trinajstić information content (AvgIpc) is 3.04. The molecule has 29 heavy (non-hydrogen) atoms. The van der Waals surface area contributed by atoms with Crippen molar-refractivity contribution in [1.29, 1.82) is 0 Å². The van der Waals surface area contributed by atoms with E-state index in [1.807, 2.05) is 0 Å². The van der Waals surface area contributed by atoms with Crippen LogP contribution < -0.4 is 0 Å². The van der Waals surface area contributed by atoms with Crippen molar-refractivity contribution in [3.63, 3.8) is 0 Å². The molecule has 1 heteroatoms. The molecule has 0 radical (unpaired) electrons. The third kappa shape index (κ3) is 4.98. The van der Waals surface area contributed by atoms with Crippen molar-refractivity contribution in [2.45, 2.75) is 92.1 Å². The molecule has 0 heterocycles. The standard InChI is InChI=1S/C28H44O/c1-19(2)20(3)9-10-22(5)26-15-16-27-23(8-7-17-28(26,27)6)12-13-24-18-25(29)14-11-21(24)4/h9-10,12-13,19-20,22,25-27,29H,4,7-8,11,14-18H2,1-3,5-6H3/b10-9+,23-12+,24-13-/t20-,22-,25-,26-,27+,28-/m1/s1. The molecule has 0 aromatic heterocycles. The molecular weight excluding hydrogens is 352 g/mol. The van der Waals surface area contributed by atoms with Crippen LogP contribution in [-0.2, 0) is 0 Å². The van der Waals surface area contributed by atoms with Gasteiger partial charge in [0.15, 0.2) is 0 Å². The van der Waals surface area contributed by atoms with E-state index in [0.29, 0.717) is 17.3 Å². The van der Waals surface area contributed by atoms with Crippen LogP contribution in [0.3, 0.4) is 0 Å². The van der Waals surface area contributed by atoms with Crippen LogP contribution in [-0.4, -0.2) is 11.2 Å². The molecule has 3 aliphatic carbocycles. The zero-order valence-electron chi connectivity index (χ0n) is 19.6. The summed E-state index contributed by atoms with van der Waals surface area (Å²) in [6.45, 7) is 16.3. The fraction of sp³-hybridized carbons (Fsp3) is 0.714. The second-order valence-electron chi connectivity index (χ2n) is 10.9. The van der Waals surface area contributed by atoms with Crippen LogP contribution in [0.25, 0.3) is 0 Å². The quantitative estimate of drug-likeness (QED) is 0.473. The fourth-order valence-electron chi connectivity index (χ4n) is 6.25. The minimum atomic E-state index is -0.182. The topological polar surface area (TPSA) is 20.2 Å². The Morgan fingerprint density at radius 1 is 1.03 bits per heavy atom. The SMILES string of the molecule is C=C1CC[C@@H](O)C/C1=C/C=C1\CCC[C@]2(C)[C@@H]([C@H](C)/C=C/[C@@H](C)C(C)C)CC[C@@H]12. The first-order valence-corrected chi connectivity index (χ1v) is 12.2. The van der Waals surface area contributed by atoms with E-state index in [1.165, 1.54) is 43.3 Å². The van der Waals surface area contributed by atoms with Crippen molar-refractivity contribution in [1.82, 2.24) is 0 Å². The van der Waals surface area contributed by atoms with E-state index in [4.69, 9.17) is 0 Å². The molecule has 1 N–H and O–H groups in total. The molecule has 3 rings (SSSR count). The molecule has 0 aromatic carbocycles. The first kappa shape index (κ1) is 22.6. The van der Waals surface area contributed by atoms with Crippen molar-refractivity contribution >= 4 is 0 Å². The van der Waals surface area contributed by atoms with E-state index in [1.54, 1.807) is 5.57 Å². The minimum Gasteiger partial charge on any atom is -0.393 e. The summed E-state index contributed by atoms with van der Waals surface area (Å²) in [5, 5.41) is 10.0. The maximum absolute atomic E-state index is 10.0. The minimum absolute atomic E-state index is 0.182. The summed E-state index contributed by atoms with van der Waals surface area (Å²) in [5.41, 5.74) is 4.61. The zero-order chi connectivity index (χ0) is 21.2. The molecule has 6 atom stereocenters. The van der Waals surface area contributed by atoms with Gasteiger partial charge in [-0.05, 0) is 91.9 Å². The van der Waals surface area contributed by atoms with Crippen molar-refractivity contribution in [3.8, 4) is 0 Å². The smallest absolute Gasteiger partial charge is 0.0583 e. The van der Waals surface area contributed by atoms with Gasteiger partial charge in [0.25, 0.3) is 0 Å². The fourth-order valence-corrected chi connectivity index (χ4v) is 6.25. The Morgan fingerprint density at radius 2 is 1.79 bits per heavy atom. The summed E-state index contributed by atoms with van der Waals surface area (Å²) < 4.78 is 0. The molecule has 3 aliphatic rings. The van der Waals surface area contributed by atoms with Gasteiger partial charge in [0.2, 0.25) is 0 Å². The van der Waals surface area contributed by atoms with Crippen LogP contribution in [0.2, 0.25) is 0 Å². The molecular formula is C28H44O. The Hall–Kier alpha value is -1.08. The Morgan fingerprint density at radius 3 is 2.52 bits per heavy atom. The maximum atomic E-state index is 10.0. The van der Waals surface area contributed by atoms with E-state index < -0.39 is 0 Å². The van der Waals surface area contributed by atoms with E-state index in [9.17, 15) is 5.11 Å². The molecule has 1 nitrogen and oxygen atoms in total. The summed E-state index contributed by atoms with van der Waals surface area (Å²) in [5.74, 6) is 3.58. The first-order chi connectivity index (χ1) is 13.7. The monoisotopic (exact) mass is 396 g/mol. The highest BCUT2D eigenvalue weighted by Crippen LogP contribution is 2.59. The van der Waals surface area contributed by atoms with Gasteiger partial charge in [-0.15, -0.1) is 0 Å². The van der Waals surface area contributed by atoms with Gasteiger partial charge < -0.3 is 5.11 Å². The molecule has 0 aromatic rings. The summed E-state index contributed by atoms with van der Waals surface area (Å²) >= 11 is 0. The predicted molar refractivity (Wildman–Crippen MR) is 126 cm³/mol. The third-order valence-corrected chi connectivity index (χ3v) is 8.63. The lowest BCUT2D eigenvalue weighted by Gasteiger charge is -2.44. The number of hydrogen-bond acceptors (Lipinski definition) is 1. The summed E-state index contributed by atoms with van der Waals surface area (Å²) in [4.78, 5) is 0. The Balaban J connectivity index is 1.75. The number of hydrogen-bond donors (Lipinski definition) is 1. The normalized spacial score (nSPS) is 38.2. The second kappa shape index (κ2) is 9.38. The largest absolute Gasteiger partial charge is 0.393 e. The van der Waals surface area contributed by atoms with Gasteiger partial charge in [-0.1, -0.05) is 76.6 Å². The highest BCUT2D eigenvalue weighted by Gasteiger charge is 2.50. The van der Waals surface area contributed by atoms with Crippen LogP contribution in [0.15, 0.2) is 47.6 Å². The molecule has 0 amide bonds. The predicted octanol–water partition coefficient (Wildman–Crippen LogP) is 7.64. The zero-order valence-corrected chi connectivity index (χ0v) is 19.6. The van der Waals surface area contributed by atoms with Gasteiger partial charge in [0, 0.05) is 0 Å². The van der Waals surface area contributed by atoms with Gasteiger partial charge in [-0.3, -0.25) is 0 Å². The Kier molecular flexibility index (Phi) is 7.31. The number of rotatable bonds is 5. The molecule has 0 bridgehead atoms. The van der Waals surface area contributed by atoms with E-state index in [0.717, 1.165) is 37.0 Å². The van der Waals surface area contributed by atoms with Crippen LogP contribution in [0.4, 0.5) is 0 Å². The Labute approximate surface area is 180 Å². The van der Waals surface area contributed by atoms with Crippen molar-refractivity contribution < 1.29 is 5.11 Å². The maximum Gasteiger partial charge on any atom is 0.0583 e. The van der Waals surface area contributed by atoms with E-state index in [2.05, 4.69) is 65.5 Å². The lowest BCUT2D eigenvalue weighted by molar-refractivity contribution is 0.112. The van der Waals surface area contributed by atoms with Crippen LogP contribution in [0.5, 0.6) is 0 Å². The summed E-state index contributed by atoms with van der Waals surface area (Å²) in [6, 6.07) is 0. The van der Waals surface area contributed by atoms with Crippen LogP contribution >= 0.6 is 0 Å². The molecule has 3 saturated carbocycles. The van der Waals surface area contributed by atoms with Gasteiger partial charge in [-0.25, -0.2) is 0 Å². The van der Waals surface area contributed by atoms with Crippen LogP contribution in [0.1, 0.15) is 86.0 Å². The molecule has 0 aliphatic heterocycles. The van der Waals surface area contributed by atoms with E-state index in [-0.39, 0.29) is 6.10 Å².